The molecular formula is C12H17NO. The smallest absolute Gasteiger partial charge is 0.181 e. The van der Waals surface area contributed by atoms with Gasteiger partial charge in [-0.05, 0) is 24.5 Å². The third kappa shape index (κ3) is 3.69. The second-order valence-corrected chi connectivity index (χ2v) is 3.92. The molecule has 2 nitrogen and oxygen atoms in total. The molecule has 0 aromatic carbocycles. The van der Waals surface area contributed by atoms with Crippen molar-refractivity contribution < 1.29 is 4.79 Å². The fourth-order valence-corrected chi connectivity index (χ4v) is 1.33. The normalized spacial score (nSPS) is 10.5. The highest BCUT2D eigenvalue weighted by Gasteiger charge is 2.06. The Kier molecular flexibility index (Phi) is 4.30. The van der Waals surface area contributed by atoms with Gasteiger partial charge in [0.15, 0.2) is 5.78 Å². The molecule has 76 valence electrons. The summed E-state index contributed by atoms with van der Waals surface area (Å²) in [4.78, 5) is 15.6. The topological polar surface area (TPSA) is 30.0 Å². The van der Waals surface area contributed by atoms with Crippen LogP contribution in [0.25, 0.3) is 0 Å². The number of hydrogen-bond donors (Lipinski definition) is 0. The van der Waals surface area contributed by atoms with Gasteiger partial charge in [-0.1, -0.05) is 26.3 Å². The van der Waals surface area contributed by atoms with Gasteiger partial charge in [-0.2, -0.15) is 0 Å². The first-order chi connectivity index (χ1) is 6.70. The summed E-state index contributed by atoms with van der Waals surface area (Å²) in [6.07, 6.45) is 4.36. The molecule has 1 heterocycles. The van der Waals surface area contributed by atoms with Gasteiger partial charge in [0.25, 0.3) is 0 Å². The molecule has 2 heteroatoms. The zero-order valence-electron chi connectivity index (χ0n) is 8.86. The van der Waals surface area contributed by atoms with Crippen molar-refractivity contribution in [2.45, 2.75) is 33.1 Å². The fraction of sp³-hybridized carbons (Fsp3) is 0.500. The Labute approximate surface area is 85.4 Å². The molecule has 0 amide bonds. The highest BCUT2D eigenvalue weighted by Crippen LogP contribution is 2.09. The number of nitrogens with zero attached hydrogens (tertiary/aromatic N) is 1. The number of pyridine rings is 1. The highest BCUT2D eigenvalue weighted by atomic mass is 16.1. The number of aromatic nitrogens is 1. The van der Waals surface area contributed by atoms with Gasteiger partial charge in [0.1, 0.15) is 5.69 Å². The lowest BCUT2D eigenvalue weighted by Gasteiger charge is -2.03. The van der Waals surface area contributed by atoms with Crippen LogP contribution in [0.1, 0.15) is 43.6 Å². The summed E-state index contributed by atoms with van der Waals surface area (Å²) < 4.78 is 0. The van der Waals surface area contributed by atoms with Crippen molar-refractivity contribution in [1.82, 2.24) is 4.98 Å². The number of Topliss-reactive ketones (excluding diaryl/α,β-unsaturated/α-hetero) is 1. The summed E-state index contributed by atoms with van der Waals surface area (Å²) >= 11 is 0. The summed E-state index contributed by atoms with van der Waals surface area (Å²) in [5, 5.41) is 0. The molecule has 0 atom stereocenters. The van der Waals surface area contributed by atoms with Gasteiger partial charge in [0, 0.05) is 12.6 Å². The largest absolute Gasteiger partial charge is 0.292 e. The minimum Gasteiger partial charge on any atom is -0.292 e. The number of hydrogen-bond acceptors (Lipinski definition) is 2. The molecule has 0 saturated carbocycles. The van der Waals surface area contributed by atoms with Crippen molar-refractivity contribution in [2.24, 2.45) is 5.92 Å². The van der Waals surface area contributed by atoms with E-state index in [0.717, 1.165) is 12.8 Å². The molecule has 0 spiro atoms. The van der Waals surface area contributed by atoms with E-state index in [0.29, 0.717) is 18.0 Å². The van der Waals surface area contributed by atoms with Gasteiger partial charge in [-0.25, -0.2) is 0 Å². The molecular weight excluding hydrogens is 174 g/mol. The van der Waals surface area contributed by atoms with Crippen LogP contribution in [-0.2, 0) is 0 Å². The first kappa shape index (κ1) is 10.9. The summed E-state index contributed by atoms with van der Waals surface area (Å²) in [7, 11) is 0. The molecule has 0 unspecified atom stereocenters. The van der Waals surface area contributed by atoms with E-state index in [-0.39, 0.29) is 5.78 Å². The Morgan fingerprint density at radius 1 is 1.43 bits per heavy atom. The summed E-state index contributed by atoms with van der Waals surface area (Å²) in [5.74, 6) is 0.831. The quantitative estimate of drug-likeness (QED) is 0.669. The second-order valence-electron chi connectivity index (χ2n) is 3.92. The SMILES string of the molecule is CC(C)CCCC(=O)c1ccccn1. The molecule has 0 fully saturated rings. The van der Waals surface area contributed by atoms with Crippen LogP contribution in [0.5, 0.6) is 0 Å². The third-order valence-electron chi connectivity index (χ3n) is 2.14. The van der Waals surface area contributed by atoms with Crippen LogP contribution in [0.15, 0.2) is 24.4 Å². The first-order valence-electron chi connectivity index (χ1n) is 5.14. The van der Waals surface area contributed by atoms with Crippen molar-refractivity contribution in [1.29, 1.82) is 0 Å². The van der Waals surface area contributed by atoms with E-state index in [9.17, 15) is 4.79 Å². The second kappa shape index (κ2) is 5.53. The van der Waals surface area contributed by atoms with Crippen LogP contribution >= 0.6 is 0 Å². The van der Waals surface area contributed by atoms with E-state index in [1.165, 1.54) is 0 Å². The third-order valence-corrected chi connectivity index (χ3v) is 2.14. The van der Waals surface area contributed by atoms with Gasteiger partial charge < -0.3 is 0 Å². The first-order valence-corrected chi connectivity index (χ1v) is 5.14. The van der Waals surface area contributed by atoms with Crippen LogP contribution in [0.2, 0.25) is 0 Å². The Morgan fingerprint density at radius 2 is 2.21 bits per heavy atom. The van der Waals surface area contributed by atoms with Crippen molar-refractivity contribution in [3.63, 3.8) is 0 Å². The number of carbonyl (C=O) groups excluding carboxylic acids is 1. The zero-order valence-corrected chi connectivity index (χ0v) is 8.86. The van der Waals surface area contributed by atoms with Crippen molar-refractivity contribution in [2.75, 3.05) is 0 Å². The van der Waals surface area contributed by atoms with Gasteiger partial charge in [-0.3, -0.25) is 9.78 Å². The maximum atomic E-state index is 11.6. The molecule has 0 aliphatic carbocycles. The van der Waals surface area contributed by atoms with Crippen molar-refractivity contribution in [3.8, 4) is 0 Å². The zero-order chi connectivity index (χ0) is 10.4. The van der Waals surface area contributed by atoms with Crippen molar-refractivity contribution >= 4 is 5.78 Å². The monoisotopic (exact) mass is 191 g/mol. The molecule has 0 radical (unpaired) electrons. The van der Waals surface area contributed by atoms with Gasteiger partial charge in [0.2, 0.25) is 0 Å². The Hall–Kier alpha value is -1.18. The lowest BCUT2D eigenvalue weighted by molar-refractivity contribution is 0.0973. The highest BCUT2D eigenvalue weighted by molar-refractivity contribution is 5.94. The average molecular weight is 191 g/mol. The van der Waals surface area contributed by atoms with Crippen LogP contribution in [0.3, 0.4) is 0 Å². The minimum atomic E-state index is 0.159. The maximum Gasteiger partial charge on any atom is 0.181 e. The lowest BCUT2D eigenvalue weighted by Crippen LogP contribution is -2.02. The van der Waals surface area contributed by atoms with E-state index in [4.69, 9.17) is 0 Å². The van der Waals surface area contributed by atoms with E-state index >= 15 is 0 Å². The lowest BCUT2D eigenvalue weighted by atomic mass is 10.0. The molecule has 0 aliphatic heterocycles. The van der Waals surface area contributed by atoms with Gasteiger partial charge in [0.05, 0.1) is 0 Å². The van der Waals surface area contributed by atoms with Gasteiger partial charge in [-0.15, -0.1) is 0 Å². The molecule has 1 aromatic rings. The standard InChI is InChI=1S/C12H17NO/c1-10(2)6-5-8-12(14)11-7-3-4-9-13-11/h3-4,7,9-10H,5-6,8H2,1-2H3. The predicted octanol–water partition coefficient (Wildman–Crippen LogP) is 3.09. The van der Waals surface area contributed by atoms with Crippen LogP contribution in [-0.4, -0.2) is 10.8 Å². The molecule has 1 rings (SSSR count). The Bertz CT molecular complexity index is 280. The molecule has 0 saturated heterocycles. The Morgan fingerprint density at radius 3 is 2.79 bits per heavy atom. The van der Waals surface area contributed by atoms with E-state index in [2.05, 4.69) is 18.8 Å². The van der Waals surface area contributed by atoms with Gasteiger partial charge >= 0.3 is 0 Å². The molecule has 14 heavy (non-hydrogen) atoms. The molecule has 0 bridgehead atoms. The van der Waals surface area contributed by atoms with E-state index in [1.807, 2.05) is 12.1 Å². The maximum absolute atomic E-state index is 11.6. The minimum absolute atomic E-state index is 0.159. The Balaban J connectivity index is 2.36. The molecule has 0 aliphatic rings. The number of carbonyl (C=O) groups is 1. The summed E-state index contributed by atoms with van der Waals surface area (Å²) in [6.45, 7) is 4.34. The number of ketones is 1. The average Bonchev–Trinajstić information content (AvgIpc) is 2.18. The molecule has 0 N–H and O–H groups in total. The summed E-state index contributed by atoms with van der Waals surface area (Å²) in [5.41, 5.74) is 0.594. The van der Waals surface area contributed by atoms with E-state index in [1.54, 1.807) is 12.3 Å². The van der Waals surface area contributed by atoms with Crippen LogP contribution < -0.4 is 0 Å². The van der Waals surface area contributed by atoms with Crippen LogP contribution in [0, 0.1) is 5.92 Å². The van der Waals surface area contributed by atoms with Crippen LogP contribution in [0.4, 0.5) is 0 Å². The van der Waals surface area contributed by atoms with E-state index < -0.39 is 0 Å². The fourth-order valence-electron chi connectivity index (χ4n) is 1.33. The van der Waals surface area contributed by atoms with Crippen molar-refractivity contribution in [3.05, 3.63) is 30.1 Å². The summed E-state index contributed by atoms with van der Waals surface area (Å²) in [6, 6.07) is 5.45. The predicted molar refractivity (Wildman–Crippen MR) is 57.3 cm³/mol. The number of rotatable bonds is 5. The molecule has 1 aromatic heterocycles.